The van der Waals surface area contributed by atoms with Crippen molar-refractivity contribution in [2.45, 2.75) is 12.7 Å². The van der Waals surface area contributed by atoms with Gasteiger partial charge in [0.05, 0.1) is 0 Å². The normalized spacial score (nSPS) is 9.87. The standard InChI is InChI=1S/C14H14S/c1-5-15(6-2,7-3)12-14-10-8-13(4)9-11-14/h1,8-11H,2-3,12H2,4H3. The van der Waals surface area contributed by atoms with Gasteiger partial charge in [-0.25, -0.2) is 0 Å². The second kappa shape index (κ2) is 4.78. The average molecular weight is 214 g/mol. The molecule has 15 heavy (non-hydrogen) atoms. The topological polar surface area (TPSA) is 0 Å². The van der Waals surface area contributed by atoms with Crippen molar-refractivity contribution in [3.63, 3.8) is 0 Å². The molecule has 0 bridgehead atoms. The molecule has 0 spiro atoms. The van der Waals surface area contributed by atoms with Gasteiger partial charge < -0.3 is 0 Å². The van der Waals surface area contributed by atoms with Crippen molar-refractivity contribution in [3.8, 4) is 11.7 Å². The number of terminal acetylenes is 1. The summed E-state index contributed by atoms with van der Waals surface area (Å²) in [4.78, 5) is 0. The van der Waals surface area contributed by atoms with Crippen LogP contribution in [-0.2, 0) is 5.75 Å². The van der Waals surface area contributed by atoms with Gasteiger partial charge in [0.25, 0.3) is 0 Å². The molecule has 0 nitrogen and oxygen atoms in total. The molecule has 0 heterocycles. The van der Waals surface area contributed by atoms with E-state index in [0.717, 1.165) is 5.75 Å². The number of hydrogen-bond donors (Lipinski definition) is 0. The predicted octanol–water partition coefficient (Wildman–Crippen LogP) is 3.06. The van der Waals surface area contributed by atoms with Crippen LogP contribution in [0, 0.1) is 18.6 Å². The minimum absolute atomic E-state index is 0.733. The van der Waals surface area contributed by atoms with E-state index >= 15 is 0 Å². The number of rotatable bonds is 2. The zero-order valence-electron chi connectivity index (χ0n) is 8.92. The lowest BCUT2D eigenvalue weighted by Gasteiger charge is -2.05. The summed E-state index contributed by atoms with van der Waals surface area (Å²) in [5, 5.41) is 8.52. The summed E-state index contributed by atoms with van der Waals surface area (Å²) >= 11 is 0. The molecule has 1 rings (SSSR count). The molecule has 0 aromatic heterocycles. The third kappa shape index (κ3) is 2.69. The molecule has 0 aliphatic rings. The van der Waals surface area contributed by atoms with Gasteiger partial charge in [-0.3, -0.25) is 0 Å². The Morgan fingerprint density at radius 1 is 1.20 bits per heavy atom. The van der Waals surface area contributed by atoms with Crippen molar-refractivity contribution < 1.29 is 0 Å². The number of benzene rings is 1. The fourth-order valence-electron chi connectivity index (χ4n) is 1.21. The Bertz CT molecular complexity index is 528. The highest BCUT2D eigenvalue weighted by Gasteiger charge is 1.99. The second-order valence-electron chi connectivity index (χ2n) is 3.28. The zero-order chi connectivity index (χ0) is 11.3. The Morgan fingerprint density at radius 3 is 2.13 bits per heavy atom. The van der Waals surface area contributed by atoms with Crippen LogP contribution in [0.25, 0.3) is 0 Å². The van der Waals surface area contributed by atoms with E-state index < -0.39 is 9.21 Å². The maximum Gasteiger partial charge on any atom is 0.0329 e. The van der Waals surface area contributed by atoms with E-state index in [1.165, 1.54) is 11.1 Å². The van der Waals surface area contributed by atoms with E-state index in [1.807, 2.05) is 0 Å². The Balaban J connectivity index is 3.19. The molecule has 0 aliphatic heterocycles. The highest BCUT2D eigenvalue weighted by Crippen LogP contribution is 2.25. The number of hydrogen-bond acceptors (Lipinski definition) is 0. The largest absolute Gasteiger partial charge is 0.108 e. The monoisotopic (exact) mass is 214 g/mol. The molecule has 76 valence electrons. The molecular weight excluding hydrogens is 200 g/mol. The highest BCUT2D eigenvalue weighted by molar-refractivity contribution is 8.31. The van der Waals surface area contributed by atoms with Gasteiger partial charge in [0.1, 0.15) is 0 Å². The lowest BCUT2D eigenvalue weighted by atomic mass is 10.2. The van der Waals surface area contributed by atoms with Crippen molar-refractivity contribution in [2.24, 2.45) is 0 Å². The quantitative estimate of drug-likeness (QED) is 0.524. The first-order valence-electron chi connectivity index (χ1n) is 4.57. The van der Waals surface area contributed by atoms with E-state index in [-0.39, 0.29) is 0 Å². The lowest BCUT2D eigenvalue weighted by Crippen LogP contribution is -1.86. The molecule has 0 amide bonds. The van der Waals surface area contributed by atoms with Crippen molar-refractivity contribution in [1.82, 2.24) is 0 Å². The van der Waals surface area contributed by atoms with Gasteiger partial charge in [-0.05, 0) is 30.9 Å². The molecule has 0 N–H and O–H groups in total. The van der Waals surface area contributed by atoms with Crippen LogP contribution in [0.5, 0.6) is 0 Å². The summed E-state index contributed by atoms with van der Waals surface area (Å²) < 4.78 is 0. The fourth-order valence-corrected chi connectivity index (χ4v) is 2.46. The van der Waals surface area contributed by atoms with Crippen LogP contribution in [0.1, 0.15) is 11.1 Å². The van der Waals surface area contributed by atoms with Gasteiger partial charge in [0.2, 0.25) is 0 Å². The minimum Gasteiger partial charge on any atom is -0.108 e. The van der Waals surface area contributed by atoms with Gasteiger partial charge in [-0.15, -0.1) is 6.42 Å². The predicted molar refractivity (Wildman–Crippen MR) is 72.6 cm³/mol. The maximum absolute atomic E-state index is 5.49. The molecule has 1 aromatic carbocycles. The Kier molecular flexibility index (Phi) is 3.67. The van der Waals surface area contributed by atoms with Crippen LogP contribution in [0.15, 0.2) is 37.4 Å². The van der Waals surface area contributed by atoms with Crippen LogP contribution < -0.4 is 0 Å². The SMILES string of the molecule is C#CS(=C=C)(=C=C)Cc1ccc(C)cc1. The van der Waals surface area contributed by atoms with Crippen LogP contribution in [-0.4, -0.2) is 10.0 Å². The van der Waals surface area contributed by atoms with Crippen molar-refractivity contribution in [3.05, 3.63) is 48.6 Å². The minimum atomic E-state index is -1.57. The summed E-state index contributed by atoms with van der Waals surface area (Å²) in [5.41, 5.74) is 2.42. The Morgan fingerprint density at radius 2 is 1.73 bits per heavy atom. The van der Waals surface area contributed by atoms with E-state index in [4.69, 9.17) is 6.42 Å². The summed E-state index contributed by atoms with van der Waals surface area (Å²) in [6, 6.07) is 8.29. The van der Waals surface area contributed by atoms with E-state index in [0.29, 0.717) is 0 Å². The molecule has 1 aromatic rings. The van der Waals surface area contributed by atoms with Gasteiger partial charge in [0, 0.05) is 5.75 Å². The third-order valence-electron chi connectivity index (χ3n) is 2.20. The van der Waals surface area contributed by atoms with Crippen molar-refractivity contribution in [2.75, 3.05) is 0 Å². The van der Waals surface area contributed by atoms with Gasteiger partial charge in [-0.2, -0.15) is 0 Å². The maximum atomic E-state index is 5.49. The molecule has 0 radical (unpaired) electrons. The van der Waals surface area contributed by atoms with E-state index in [1.54, 1.807) is 0 Å². The molecule has 0 aliphatic carbocycles. The summed E-state index contributed by atoms with van der Waals surface area (Å²) in [6.45, 7) is 9.37. The number of aryl methyl sites for hydroxylation is 1. The summed E-state index contributed by atoms with van der Waals surface area (Å²) in [6.07, 6.45) is 5.49. The van der Waals surface area contributed by atoms with Crippen LogP contribution in [0.2, 0.25) is 0 Å². The van der Waals surface area contributed by atoms with Gasteiger partial charge >= 0.3 is 0 Å². The van der Waals surface area contributed by atoms with Crippen LogP contribution >= 0.6 is 9.21 Å². The van der Waals surface area contributed by atoms with Crippen molar-refractivity contribution >= 4 is 19.3 Å². The first-order valence-corrected chi connectivity index (χ1v) is 6.37. The van der Waals surface area contributed by atoms with Crippen LogP contribution in [0.3, 0.4) is 0 Å². The van der Waals surface area contributed by atoms with Gasteiger partial charge in [-0.1, -0.05) is 49.1 Å². The fraction of sp³-hybridized carbons (Fsp3) is 0.143. The molecule has 0 atom stereocenters. The van der Waals surface area contributed by atoms with Crippen molar-refractivity contribution in [1.29, 1.82) is 0 Å². The first kappa shape index (κ1) is 11.5. The first-order chi connectivity index (χ1) is 7.15. The summed E-state index contributed by atoms with van der Waals surface area (Å²) in [5.74, 6) is 0.733. The smallest absolute Gasteiger partial charge is 0.0329 e. The molecule has 0 saturated carbocycles. The Labute approximate surface area is 92.4 Å². The van der Waals surface area contributed by atoms with E-state index in [9.17, 15) is 0 Å². The average Bonchev–Trinajstić information content (AvgIpc) is 2.29. The second-order valence-corrected chi connectivity index (χ2v) is 5.86. The highest BCUT2D eigenvalue weighted by atomic mass is 32.2. The van der Waals surface area contributed by atoms with Gasteiger partial charge in [0.15, 0.2) is 0 Å². The molecule has 0 unspecified atom stereocenters. The molecular formula is C14H14S. The molecule has 1 heteroatoms. The zero-order valence-corrected chi connectivity index (χ0v) is 9.73. The third-order valence-corrected chi connectivity index (χ3v) is 4.35. The Hall–Kier alpha value is -1.57. The lowest BCUT2D eigenvalue weighted by molar-refractivity contribution is 1.37. The van der Waals surface area contributed by atoms with Crippen LogP contribution in [0.4, 0.5) is 0 Å². The molecule has 0 saturated heterocycles. The molecule has 0 fully saturated rings. The summed E-state index contributed by atoms with van der Waals surface area (Å²) in [7, 11) is -1.57. The van der Waals surface area contributed by atoms with E-state index in [2.05, 4.69) is 59.6 Å².